The van der Waals surface area contributed by atoms with E-state index in [1.807, 2.05) is 39.1 Å². The summed E-state index contributed by atoms with van der Waals surface area (Å²) in [6, 6.07) is 18.7. The fourth-order valence-corrected chi connectivity index (χ4v) is 3.74. The van der Waals surface area contributed by atoms with Crippen LogP contribution in [0.2, 0.25) is 0 Å². The van der Waals surface area contributed by atoms with Crippen molar-refractivity contribution in [3.05, 3.63) is 65.7 Å². The molecule has 3 rings (SSSR count). The zero-order valence-electron chi connectivity index (χ0n) is 18.5. The summed E-state index contributed by atoms with van der Waals surface area (Å²) in [5.41, 5.74) is 2.52. The smallest absolute Gasteiger partial charge is 0.193 e. The third-order valence-electron chi connectivity index (χ3n) is 5.25. The Morgan fingerprint density at radius 1 is 1.10 bits per heavy atom. The Morgan fingerprint density at radius 3 is 2.57 bits per heavy atom. The molecule has 0 amide bonds. The number of rotatable bonds is 9. The van der Waals surface area contributed by atoms with Crippen molar-refractivity contribution in [1.82, 2.24) is 10.2 Å². The van der Waals surface area contributed by atoms with Crippen LogP contribution in [0.15, 0.2) is 59.6 Å². The van der Waals surface area contributed by atoms with Gasteiger partial charge in [-0.25, -0.2) is 0 Å². The minimum Gasteiger partial charge on any atom is -0.491 e. The molecule has 1 unspecified atom stereocenters. The minimum atomic E-state index is 0.203. The van der Waals surface area contributed by atoms with E-state index in [1.54, 1.807) is 0 Å². The van der Waals surface area contributed by atoms with Crippen LogP contribution in [0.5, 0.6) is 5.75 Å². The van der Waals surface area contributed by atoms with Crippen molar-refractivity contribution in [2.45, 2.75) is 39.4 Å². The quantitative estimate of drug-likeness (QED) is 0.500. The maximum Gasteiger partial charge on any atom is 0.193 e. The van der Waals surface area contributed by atoms with E-state index in [0.29, 0.717) is 12.5 Å². The molecule has 0 saturated carbocycles. The second kappa shape index (κ2) is 11.6. The summed E-state index contributed by atoms with van der Waals surface area (Å²) in [4.78, 5) is 6.82. The molecule has 30 heavy (non-hydrogen) atoms. The normalized spacial score (nSPS) is 16.9. The van der Waals surface area contributed by atoms with Crippen LogP contribution in [0.25, 0.3) is 0 Å². The van der Waals surface area contributed by atoms with Crippen molar-refractivity contribution in [3.8, 4) is 5.75 Å². The first-order valence-corrected chi connectivity index (χ1v) is 11.0. The highest BCUT2D eigenvalue weighted by Gasteiger charge is 2.24. The average Bonchev–Trinajstić information content (AvgIpc) is 3.21. The summed E-state index contributed by atoms with van der Waals surface area (Å²) in [7, 11) is 1.86. The monoisotopic (exact) mass is 409 g/mol. The molecular formula is C25H35N3O2. The number of hydrogen-bond donors (Lipinski definition) is 1. The molecule has 2 aromatic carbocycles. The van der Waals surface area contributed by atoms with Crippen LogP contribution in [0.1, 0.15) is 31.4 Å². The van der Waals surface area contributed by atoms with Crippen LogP contribution in [0, 0.1) is 5.92 Å². The van der Waals surface area contributed by atoms with Gasteiger partial charge in [0, 0.05) is 32.6 Å². The SMILES string of the molecule is CN=C(NCCc1ccc(OC(C)C)cc1)N1CCC(COCc2ccccc2)C1. The molecule has 1 aliphatic heterocycles. The van der Waals surface area contributed by atoms with E-state index >= 15 is 0 Å². The summed E-state index contributed by atoms with van der Waals surface area (Å²) in [5, 5.41) is 3.51. The van der Waals surface area contributed by atoms with Crippen molar-refractivity contribution < 1.29 is 9.47 Å². The standard InChI is InChI=1S/C25H35N3O2/c1-20(2)30-24-11-9-21(10-12-24)13-15-27-25(26-3)28-16-14-23(17-28)19-29-18-22-7-5-4-6-8-22/h4-12,20,23H,13-19H2,1-3H3,(H,26,27). The number of aliphatic imine (C=N–C) groups is 1. The van der Waals surface area contributed by atoms with Crippen LogP contribution in [-0.2, 0) is 17.8 Å². The first-order chi connectivity index (χ1) is 14.6. The number of nitrogens with zero attached hydrogens (tertiary/aromatic N) is 2. The first-order valence-electron chi connectivity index (χ1n) is 11.0. The second-order valence-corrected chi connectivity index (χ2v) is 8.14. The molecular weight excluding hydrogens is 374 g/mol. The van der Waals surface area contributed by atoms with Crippen molar-refractivity contribution >= 4 is 5.96 Å². The highest BCUT2D eigenvalue weighted by molar-refractivity contribution is 5.80. The van der Waals surface area contributed by atoms with Crippen molar-refractivity contribution in [1.29, 1.82) is 0 Å². The van der Waals surface area contributed by atoms with Gasteiger partial charge >= 0.3 is 0 Å². The number of ether oxygens (including phenoxy) is 2. The fraction of sp³-hybridized carbons (Fsp3) is 0.480. The van der Waals surface area contributed by atoms with E-state index in [0.717, 1.165) is 50.8 Å². The van der Waals surface area contributed by atoms with Gasteiger partial charge in [0.25, 0.3) is 0 Å². The third-order valence-corrected chi connectivity index (χ3v) is 5.25. The maximum absolute atomic E-state index is 5.94. The molecule has 0 aromatic heterocycles. The summed E-state index contributed by atoms with van der Waals surface area (Å²) < 4.78 is 11.6. The second-order valence-electron chi connectivity index (χ2n) is 8.14. The number of benzene rings is 2. The molecule has 1 saturated heterocycles. The summed E-state index contributed by atoms with van der Waals surface area (Å²) >= 11 is 0. The lowest BCUT2D eigenvalue weighted by Gasteiger charge is -2.22. The first kappa shape index (κ1) is 22.2. The summed E-state index contributed by atoms with van der Waals surface area (Å²) in [6.07, 6.45) is 2.31. The Balaban J connectivity index is 1.36. The lowest BCUT2D eigenvalue weighted by molar-refractivity contribution is 0.0907. The number of likely N-dealkylation sites (tertiary alicyclic amines) is 1. The van der Waals surface area contributed by atoms with Gasteiger partial charge < -0.3 is 19.7 Å². The molecule has 1 heterocycles. The van der Waals surface area contributed by atoms with E-state index in [4.69, 9.17) is 9.47 Å². The molecule has 5 heteroatoms. The molecule has 5 nitrogen and oxygen atoms in total. The van der Waals surface area contributed by atoms with Gasteiger partial charge in [-0.3, -0.25) is 4.99 Å². The van der Waals surface area contributed by atoms with Crippen molar-refractivity contribution in [3.63, 3.8) is 0 Å². The Bertz CT molecular complexity index is 775. The third kappa shape index (κ3) is 7.06. The van der Waals surface area contributed by atoms with Gasteiger partial charge in [0.05, 0.1) is 19.3 Å². The summed E-state index contributed by atoms with van der Waals surface area (Å²) in [6.45, 7) is 8.46. The Hall–Kier alpha value is -2.53. The molecule has 0 radical (unpaired) electrons. The molecule has 1 atom stereocenters. The van der Waals surface area contributed by atoms with Gasteiger partial charge in [-0.2, -0.15) is 0 Å². The van der Waals surface area contributed by atoms with Crippen molar-refractivity contribution in [2.75, 3.05) is 33.3 Å². The van der Waals surface area contributed by atoms with Gasteiger partial charge in [-0.1, -0.05) is 42.5 Å². The lowest BCUT2D eigenvalue weighted by Crippen LogP contribution is -2.41. The molecule has 0 aliphatic carbocycles. The number of hydrogen-bond acceptors (Lipinski definition) is 3. The van der Waals surface area contributed by atoms with Gasteiger partial charge in [0.2, 0.25) is 0 Å². The highest BCUT2D eigenvalue weighted by Crippen LogP contribution is 2.18. The molecule has 0 bridgehead atoms. The van der Waals surface area contributed by atoms with E-state index in [2.05, 4.69) is 51.6 Å². The Kier molecular flexibility index (Phi) is 8.57. The largest absolute Gasteiger partial charge is 0.491 e. The van der Waals surface area contributed by atoms with Crippen LogP contribution in [0.4, 0.5) is 0 Å². The zero-order valence-corrected chi connectivity index (χ0v) is 18.5. The predicted molar refractivity (Wildman–Crippen MR) is 123 cm³/mol. The van der Waals surface area contributed by atoms with Crippen LogP contribution in [-0.4, -0.2) is 50.3 Å². The highest BCUT2D eigenvalue weighted by atomic mass is 16.5. The van der Waals surface area contributed by atoms with E-state index < -0.39 is 0 Å². The molecule has 1 aliphatic rings. The topological polar surface area (TPSA) is 46.1 Å². The van der Waals surface area contributed by atoms with Gasteiger partial charge in [-0.05, 0) is 49.9 Å². The molecule has 1 N–H and O–H groups in total. The molecule has 0 spiro atoms. The Morgan fingerprint density at radius 2 is 1.87 bits per heavy atom. The average molecular weight is 410 g/mol. The zero-order chi connectivity index (χ0) is 21.2. The van der Waals surface area contributed by atoms with Crippen LogP contribution < -0.4 is 10.1 Å². The van der Waals surface area contributed by atoms with Gasteiger partial charge in [-0.15, -0.1) is 0 Å². The van der Waals surface area contributed by atoms with E-state index in [1.165, 1.54) is 11.1 Å². The summed E-state index contributed by atoms with van der Waals surface area (Å²) in [5.74, 6) is 2.47. The molecule has 1 fully saturated rings. The van der Waals surface area contributed by atoms with Gasteiger partial charge in [0.1, 0.15) is 5.75 Å². The van der Waals surface area contributed by atoms with Crippen molar-refractivity contribution in [2.24, 2.45) is 10.9 Å². The number of nitrogens with one attached hydrogen (secondary N) is 1. The minimum absolute atomic E-state index is 0.203. The van der Waals surface area contributed by atoms with Gasteiger partial charge in [0.15, 0.2) is 5.96 Å². The maximum atomic E-state index is 5.94. The van der Waals surface area contributed by atoms with E-state index in [-0.39, 0.29) is 6.10 Å². The van der Waals surface area contributed by atoms with E-state index in [9.17, 15) is 0 Å². The molecule has 2 aromatic rings. The van der Waals surface area contributed by atoms with Crippen LogP contribution in [0.3, 0.4) is 0 Å². The van der Waals surface area contributed by atoms with Crippen LogP contribution >= 0.6 is 0 Å². The number of guanidine groups is 1. The predicted octanol–water partition coefficient (Wildman–Crippen LogP) is 4.13. The lowest BCUT2D eigenvalue weighted by atomic mass is 10.1. The fourth-order valence-electron chi connectivity index (χ4n) is 3.74. The Labute approximate surface area is 181 Å². The molecule has 162 valence electrons.